The number of phenols is 1. The summed E-state index contributed by atoms with van der Waals surface area (Å²) in [6.07, 6.45) is 3.01. The molecule has 0 spiro atoms. The summed E-state index contributed by atoms with van der Waals surface area (Å²) in [5, 5.41) is 13.8. The highest BCUT2D eigenvalue weighted by atomic mass is 19.1. The molecule has 0 aliphatic heterocycles. The number of benzene rings is 1. The number of rotatable bonds is 3. The molecule has 0 atom stereocenters. The summed E-state index contributed by atoms with van der Waals surface area (Å²) in [6.45, 7) is 5.30. The summed E-state index contributed by atoms with van der Waals surface area (Å²) in [7, 11) is 0. The molecule has 0 saturated heterocycles. The Hall–Kier alpha value is -2.37. The van der Waals surface area contributed by atoms with Crippen LogP contribution >= 0.6 is 0 Å². The van der Waals surface area contributed by atoms with E-state index in [0.717, 1.165) is 0 Å². The monoisotopic (exact) mass is 292 g/mol. The quantitative estimate of drug-likeness (QED) is 0.883. The molecule has 1 N–H and O–H groups in total. The number of aromatic nitrogens is 2. The van der Waals surface area contributed by atoms with Gasteiger partial charge >= 0.3 is 5.97 Å². The predicted molar refractivity (Wildman–Crippen MR) is 75.1 cm³/mol. The third-order valence-corrected chi connectivity index (χ3v) is 2.61. The molecule has 0 saturated carbocycles. The lowest BCUT2D eigenvalue weighted by Gasteiger charge is -2.19. The van der Waals surface area contributed by atoms with Crippen molar-refractivity contribution >= 4 is 5.97 Å². The van der Waals surface area contributed by atoms with Crippen LogP contribution in [0.25, 0.3) is 11.1 Å². The Morgan fingerprint density at radius 1 is 1.43 bits per heavy atom. The van der Waals surface area contributed by atoms with Crippen LogP contribution < -0.4 is 0 Å². The van der Waals surface area contributed by atoms with Crippen LogP contribution in [0, 0.1) is 5.82 Å². The molecule has 0 fully saturated rings. The first-order valence-electron chi connectivity index (χ1n) is 6.48. The van der Waals surface area contributed by atoms with Gasteiger partial charge in [-0.15, -0.1) is 0 Å². The van der Waals surface area contributed by atoms with Crippen LogP contribution in [-0.4, -0.2) is 26.5 Å². The molecule has 1 aromatic carbocycles. The van der Waals surface area contributed by atoms with Gasteiger partial charge in [0.15, 0.2) is 0 Å². The second kappa shape index (κ2) is 5.55. The number of ether oxygens (including phenoxy) is 1. The number of hydrogen-bond donors (Lipinski definition) is 1. The van der Waals surface area contributed by atoms with Gasteiger partial charge < -0.3 is 9.84 Å². The molecule has 6 heteroatoms. The van der Waals surface area contributed by atoms with E-state index in [2.05, 4.69) is 5.10 Å². The third kappa shape index (κ3) is 4.05. The largest absolute Gasteiger partial charge is 0.507 e. The van der Waals surface area contributed by atoms with Crippen molar-refractivity contribution in [3.63, 3.8) is 0 Å². The maximum Gasteiger partial charge on any atom is 0.328 e. The maximum atomic E-state index is 13.2. The molecule has 2 aromatic rings. The van der Waals surface area contributed by atoms with Gasteiger partial charge in [-0.1, -0.05) is 0 Å². The van der Waals surface area contributed by atoms with E-state index in [1.807, 2.05) is 0 Å². The van der Waals surface area contributed by atoms with E-state index in [0.29, 0.717) is 11.1 Å². The minimum absolute atomic E-state index is 0.0479. The lowest BCUT2D eigenvalue weighted by Crippen LogP contribution is -2.26. The van der Waals surface area contributed by atoms with Crippen LogP contribution in [-0.2, 0) is 16.1 Å². The van der Waals surface area contributed by atoms with Crippen molar-refractivity contribution in [1.82, 2.24) is 9.78 Å². The fourth-order valence-electron chi connectivity index (χ4n) is 1.83. The Kier molecular flexibility index (Phi) is 3.97. The molecule has 0 bridgehead atoms. The average molecular weight is 292 g/mol. The first-order chi connectivity index (χ1) is 9.74. The van der Waals surface area contributed by atoms with Crippen LogP contribution in [0.4, 0.5) is 4.39 Å². The van der Waals surface area contributed by atoms with Gasteiger partial charge in [0, 0.05) is 17.3 Å². The molecule has 0 radical (unpaired) electrons. The van der Waals surface area contributed by atoms with Crippen LogP contribution in [0.2, 0.25) is 0 Å². The zero-order valence-electron chi connectivity index (χ0n) is 12.1. The number of nitrogens with zero attached hydrogens (tertiary/aromatic N) is 2. The predicted octanol–water partition coefficient (Wildman–Crippen LogP) is 2.74. The Morgan fingerprint density at radius 2 is 2.14 bits per heavy atom. The summed E-state index contributed by atoms with van der Waals surface area (Å²) in [5.41, 5.74) is 0.287. The first kappa shape index (κ1) is 15.0. The van der Waals surface area contributed by atoms with Crippen molar-refractivity contribution in [1.29, 1.82) is 0 Å². The fourth-order valence-corrected chi connectivity index (χ4v) is 1.83. The highest BCUT2D eigenvalue weighted by Crippen LogP contribution is 2.29. The van der Waals surface area contributed by atoms with Crippen LogP contribution in [0.15, 0.2) is 30.6 Å². The van der Waals surface area contributed by atoms with Crippen molar-refractivity contribution < 1.29 is 19.0 Å². The van der Waals surface area contributed by atoms with Crippen molar-refractivity contribution in [2.45, 2.75) is 32.9 Å². The number of carbonyl (C=O) groups excluding carboxylic acids is 1. The summed E-state index contributed by atoms with van der Waals surface area (Å²) >= 11 is 0. The van der Waals surface area contributed by atoms with Crippen molar-refractivity contribution in [3.05, 3.63) is 36.4 Å². The van der Waals surface area contributed by atoms with Crippen LogP contribution in [0.3, 0.4) is 0 Å². The fraction of sp³-hybridized carbons (Fsp3) is 0.333. The van der Waals surface area contributed by atoms with Crippen molar-refractivity contribution in [2.75, 3.05) is 0 Å². The van der Waals surface area contributed by atoms with Gasteiger partial charge in [-0.25, -0.2) is 4.39 Å². The van der Waals surface area contributed by atoms with Gasteiger partial charge in [0.2, 0.25) is 0 Å². The Balaban J connectivity index is 2.15. The molecule has 0 unspecified atom stereocenters. The molecule has 1 aromatic heterocycles. The Morgan fingerprint density at radius 3 is 2.81 bits per heavy atom. The molecular formula is C15H17FN2O3. The third-order valence-electron chi connectivity index (χ3n) is 2.61. The molecule has 0 aliphatic rings. The Bertz CT molecular complexity index is 659. The van der Waals surface area contributed by atoms with E-state index in [9.17, 15) is 14.3 Å². The highest BCUT2D eigenvalue weighted by Gasteiger charge is 2.17. The van der Waals surface area contributed by atoms with Gasteiger partial charge in [-0.05, 0) is 39.0 Å². The van der Waals surface area contributed by atoms with E-state index < -0.39 is 17.4 Å². The number of aromatic hydroxyl groups is 1. The first-order valence-corrected chi connectivity index (χ1v) is 6.48. The van der Waals surface area contributed by atoms with Crippen LogP contribution in [0.5, 0.6) is 5.75 Å². The van der Waals surface area contributed by atoms with Crippen molar-refractivity contribution in [2.24, 2.45) is 0 Å². The second-order valence-electron chi connectivity index (χ2n) is 5.67. The summed E-state index contributed by atoms with van der Waals surface area (Å²) in [5.74, 6) is -0.920. The SMILES string of the molecule is CC(C)(C)OC(=O)Cn1cc(-c2cc(F)ccc2O)cn1. The van der Waals surface area contributed by atoms with Gasteiger partial charge in [0.05, 0.1) is 6.20 Å². The second-order valence-corrected chi connectivity index (χ2v) is 5.67. The smallest absolute Gasteiger partial charge is 0.328 e. The zero-order valence-corrected chi connectivity index (χ0v) is 12.1. The highest BCUT2D eigenvalue weighted by molar-refractivity contribution is 5.71. The van der Waals surface area contributed by atoms with E-state index in [4.69, 9.17) is 4.74 Å². The lowest BCUT2D eigenvalue weighted by molar-refractivity contribution is -0.155. The molecule has 112 valence electrons. The molecule has 2 rings (SSSR count). The molecule has 1 heterocycles. The normalized spacial score (nSPS) is 11.4. The zero-order chi connectivity index (χ0) is 15.6. The number of phenolic OH excluding ortho intramolecular Hbond substituents is 1. The van der Waals surface area contributed by atoms with Gasteiger partial charge in [-0.2, -0.15) is 5.10 Å². The van der Waals surface area contributed by atoms with E-state index in [1.54, 1.807) is 27.0 Å². The number of carbonyl (C=O) groups is 1. The molecule has 0 aliphatic carbocycles. The standard InChI is InChI=1S/C15H17FN2O3/c1-15(2,3)21-14(20)9-18-8-10(7-17-18)12-6-11(16)4-5-13(12)19/h4-8,19H,9H2,1-3H3. The molecule has 5 nitrogen and oxygen atoms in total. The Labute approximate surface area is 122 Å². The number of hydrogen-bond acceptors (Lipinski definition) is 4. The topological polar surface area (TPSA) is 64.3 Å². The van der Waals surface area contributed by atoms with E-state index >= 15 is 0 Å². The summed E-state index contributed by atoms with van der Waals surface area (Å²) in [4.78, 5) is 11.7. The minimum Gasteiger partial charge on any atom is -0.507 e. The van der Waals surface area contributed by atoms with Gasteiger partial charge in [0.1, 0.15) is 23.7 Å². The van der Waals surface area contributed by atoms with Crippen LogP contribution in [0.1, 0.15) is 20.8 Å². The maximum absolute atomic E-state index is 13.2. The minimum atomic E-state index is -0.562. The molecule has 21 heavy (non-hydrogen) atoms. The van der Waals surface area contributed by atoms with Gasteiger partial charge in [0.25, 0.3) is 0 Å². The van der Waals surface area contributed by atoms with E-state index in [-0.39, 0.29) is 12.3 Å². The van der Waals surface area contributed by atoms with Gasteiger partial charge in [-0.3, -0.25) is 9.48 Å². The number of esters is 1. The average Bonchev–Trinajstić information content (AvgIpc) is 2.78. The summed E-state index contributed by atoms with van der Waals surface area (Å²) < 4.78 is 19.8. The summed E-state index contributed by atoms with van der Waals surface area (Å²) in [6, 6.07) is 3.66. The number of halogens is 1. The van der Waals surface area contributed by atoms with E-state index in [1.165, 1.54) is 29.1 Å². The molecule has 0 amide bonds. The molecular weight excluding hydrogens is 275 g/mol. The lowest BCUT2D eigenvalue weighted by atomic mass is 10.1. The van der Waals surface area contributed by atoms with Crippen molar-refractivity contribution in [3.8, 4) is 16.9 Å².